The summed E-state index contributed by atoms with van der Waals surface area (Å²) in [5.74, 6) is 0.916. The second-order valence-electron chi connectivity index (χ2n) is 4.56. The SMILES string of the molecule is CC1(Nc2ccn3nccc3n2)CCNC1. The van der Waals surface area contributed by atoms with Crippen molar-refractivity contribution >= 4 is 11.5 Å². The predicted molar refractivity (Wildman–Crippen MR) is 62.5 cm³/mol. The topological polar surface area (TPSA) is 54.2 Å². The Morgan fingerprint density at radius 3 is 3.25 bits per heavy atom. The number of fused-ring (bicyclic) bond motifs is 1. The highest BCUT2D eigenvalue weighted by atomic mass is 15.2. The molecule has 0 saturated carbocycles. The maximum atomic E-state index is 4.51. The molecule has 5 heteroatoms. The first-order chi connectivity index (χ1) is 7.75. The van der Waals surface area contributed by atoms with E-state index in [1.165, 1.54) is 0 Å². The summed E-state index contributed by atoms with van der Waals surface area (Å²) in [6, 6.07) is 3.87. The number of anilines is 1. The van der Waals surface area contributed by atoms with Crippen LogP contribution in [0.2, 0.25) is 0 Å². The average Bonchev–Trinajstić information content (AvgIpc) is 2.86. The summed E-state index contributed by atoms with van der Waals surface area (Å²) in [7, 11) is 0. The van der Waals surface area contributed by atoms with Crippen molar-refractivity contribution in [3.63, 3.8) is 0 Å². The van der Waals surface area contributed by atoms with Gasteiger partial charge in [0.05, 0.1) is 6.20 Å². The molecule has 16 heavy (non-hydrogen) atoms. The van der Waals surface area contributed by atoms with Gasteiger partial charge in [0.15, 0.2) is 5.65 Å². The third kappa shape index (κ3) is 1.63. The number of rotatable bonds is 2. The summed E-state index contributed by atoms with van der Waals surface area (Å²) < 4.78 is 1.76. The molecule has 0 bridgehead atoms. The Bertz CT molecular complexity index is 498. The molecule has 1 saturated heterocycles. The Kier molecular flexibility index (Phi) is 2.07. The van der Waals surface area contributed by atoms with E-state index in [2.05, 4.69) is 27.6 Å². The number of hydrogen-bond donors (Lipinski definition) is 2. The van der Waals surface area contributed by atoms with Crippen molar-refractivity contribution in [3.05, 3.63) is 24.5 Å². The van der Waals surface area contributed by atoms with Crippen LogP contribution < -0.4 is 10.6 Å². The fourth-order valence-electron chi connectivity index (χ4n) is 2.12. The number of nitrogens with one attached hydrogen (secondary N) is 2. The molecule has 84 valence electrons. The van der Waals surface area contributed by atoms with Crippen LogP contribution in [0.1, 0.15) is 13.3 Å². The summed E-state index contributed by atoms with van der Waals surface area (Å²) in [5.41, 5.74) is 0.991. The van der Waals surface area contributed by atoms with E-state index in [-0.39, 0.29) is 5.54 Å². The van der Waals surface area contributed by atoms with Crippen LogP contribution in [0, 0.1) is 0 Å². The molecule has 3 rings (SSSR count). The van der Waals surface area contributed by atoms with E-state index in [0.717, 1.165) is 31.0 Å². The highest BCUT2D eigenvalue weighted by Crippen LogP contribution is 2.19. The zero-order valence-electron chi connectivity index (χ0n) is 9.27. The number of nitrogens with zero attached hydrogens (tertiary/aromatic N) is 3. The van der Waals surface area contributed by atoms with E-state index in [1.807, 2.05) is 18.3 Å². The van der Waals surface area contributed by atoms with Crippen molar-refractivity contribution in [3.8, 4) is 0 Å². The minimum atomic E-state index is 0.116. The molecule has 2 N–H and O–H groups in total. The van der Waals surface area contributed by atoms with Gasteiger partial charge in [0.25, 0.3) is 0 Å². The van der Waals surface area contributed by atoms with Gasteiger partial charge in [-0.15, -0.1) is 0 Å². The maximum Gasteiger partial charge on any atom is 0.157 e. The van der Waals surface area contributed by atoms with Gasteiger partial charge in [-0.2, -0.15) is 5.10 Å². The van der Waals surface area contributed by atoms with E-state index in [0.29, 0.717) is 0 Å². The molecule has 1 unspecified atom stereocenters. The highest BCUT2D eigenvalue weighted by molar-refractivity contribution is 5.47. The summed E-state index contributed by atoms with van der Waals surface area (Å²) in [5, 5.41) is 11.0. The Morgan fingerprint density at radius 2 is 2.44 bits per heavy atom. The highest BCUT2D eigenvalue weighted by Gasteiger charge is 2.28. The van der Waals surface area contributed by atoms with E-state index >= 15 is 0 Å². The van der Waals surface area contributed by atoms with Crippen molar-refractivity contribution in [1.29, 1.82) is 0 Å². The molecule has 1 fully saturated rings. The van der Waals surface area contributed by atoms with Crippen LogP contribution in [0.3, 0.4) is 0 Å². The van der Waals surface area contributed by atoms with Gasteiger partial charge in [-0.3, -0.25) is 0 Å². The fraction of sp³-hybridized carbons (Fsp3) is 0.455. The molecule has 1 aliphatic heterocycles. The standard InChI is InChI=1S/C11H15N5/c1-11(4-6-12-8-11)15-9-3-7-16-10(14-9)2-5-13-16/h2-3,5,7,12H,4,6,8H2,1H3,(H,14,15). The van der Waals surface area contributed by atoms with Gasteiger partial charge in [-0.25, -0.2) is 9.50 Å². The van der Waals surface area contributed by atoms with Gasteiger partial charge in [0.2, 0.25) is 0 Å². The Morgan fingerprint density at radius 1 is 1.50 bits per heavy atom. The maximum absolute atomic E-state index is 4.51. The molecule has 1 atom stereocenters. The summed E-state index contributed by atoms with van der Waals surface area (Å²) >= 11 is 0. The molecule has 1 aliphatic rings. The van der Waals surface area contributed by atoms with E-state index in [4.69, 9.17) is 0 Å². The van der Waals surface area contributed by atoms with Crippen LogP contribution in [0.15, 0.2) is 24.5 Å². The Labute approximate surface area is 93.9 Å². The van der Waals surface area contributed by atoms with Crippen LogP contribution in [0.25, 0.3) is 5.65 Å². The van der Waals surface area contributed by atoms with E-state index in [9.17, 15) is 0 Å². The lowest BCUT2D eigenvalue weighted by molar-refractivity contribution is 0.564. The van der Waals surface area contributed by atoms with Crippen LogP contribution in [-0.4, -0.2) is 33.2 Å². The van der Waals surface area contributed by atoms with Gasteiger partial charge in [-0.05, 0) is 26.0 Å². The van der Waals surface area contributed by atoms with Gasteiger partial charge in [0.1, 0.15) is 5.82 Å². The van der Waals surface area contributed by atoms with Gasteiger partial charge in [-0.1, -0.05) is 0 Å². The first-order valence-corrected chi connectivity index (χ1v) is 5.55. The molecule has 0 amide bonds. The zero-order valence-corrected chi connectivity index (χ0v) is 9.27. The number of aromatic nitrogens is 3. The fourth-order valence-corrected chi connectivity index (χ4v) is 2.12. The third-order valence-corrected chi connectivity index (χ3v) is 3.06. The van der Waals surface area contributed by atoms with Crippen LogP contribution in [-0.2, 0) is 0 Å². The monoisotopic (exact) mass is 217 g/mol. The summed E-state index contributed by atoms with van der Waals surface area (Å²) in [6.45, 7) is 4.27. The Balaban J connectivity index is 1.88. The summed E-state index contributed by atoms with van der Waals surface area (Å²) in [4.78, 5) is 4.51. The summed E-state index contributed by atoms with van der Waals surface area (Å²) in [6.07, 6.45) is 4.81. The van der Waals surface area contributed by atoms with Gasteiger partial charge >= 0.3 is 0 Å². The van der Waals surface area contributed by atoms with Crippen LogP contribution in [0.5, 0.6) is 0 Å². The first kappa shape index (κ1) is 9.59. The van der Waals surface area contributed by atoms with Crippen LogP contribution >= 0.6 is 0 Å². The van der Waals surface area contributed by atoms with Crippen molar-refractivity contribution < 1.29 is 0 Å². The minimum absolute atomic E-state index is 0.116. The molecule has 5 nitrogen and oxygen atoms in total. The van der Waals surface area contributed by atoms with Crippen molar-refractivity contribution in [2.45, 2.75) is 18.9 Å². The van der Waals surface area contributed by atoms with E-state index < -0.39 is 0 Å². The lowest BCUT2D eigenvalue weighted by Gasteiger charge is -2.25. The lowest BCUT2D eigenvalue weighted by Crippen LogP contribution is -2.37. The van der Waals surface area contributed by atoms with Crippen molar-refractivity contribution in [2.24, 2.45) is 0 Å². The molecule has 0 aromatic carbocycles. The second-order valence-corrected chi connectivity index (χ2v) is 4.56. The first-order valence-electron chi connectivity index (χ1n) is 5.55. The molecule has 2 aromatic rings. The molecule has 3 heterocycles. The Hall–Kier alpha value is -1.62. The molecule has 0 spiro atoms. The average molecular weight is 217 g/mol. The predicted octanol–water partition coefficient (Wildman–Crippen LogP) is 0.893. The molecule has 0 radical (unpaired) electrons. The minimum Gasteiger partial charge on any atom is -0.363 e. The molecular formula is C11H15N5. The quantitative estimate of drug-likeness (QED) is 0.784. The van der Waals surface area contributed by atoms with E-state index in [1.54, 1.807) is 10.7 Å². The van der Waals surface area contributed by atoms with Crippen LogP contribution in [0.4, 0.5) is 5.82 Å². The van der Waals surface area contributed by atoms with Crippen molar-refractivity contribution in [2.75, 3.05) is 18.4 Å². The van der Waals surface area contributed by atoms with Crippen molar-refractivity contribution in [1.82, 2.24) is 19.9 Å². The zero-order chi connectivity index (χ0) is 11.0. The largest absolute Gasteiger partial charge is 0.363 e. The third-order valence-electron chi connectivity index (χ3n) is 3.06. The molecule has 0 aliphatic carbocycles. The molecule has 2 aromatic heterocycles. The van der Waals surface area contributed by atoms with Gasteiger partial charge < -0.3 is 10.6 Å². The van der Waals surface area contributed by atoms with Gasteiger partial charge in [0, 0.05) is 24.3 Å². The second kappa shape index (κ2) is 3.45. The lowest BCUT2D eigenvalue weighted by atomic mass is 10.0. The molecular weight excluding hydrogens is 202 g/mol. The smallest absolute Gasteiger partial charge is 0.157 e. The number of hydrogen-bond acceptors (Lipinski definition) is 4. The normalized spacial score (nSPS) is 25.1.